The molecule has 25 heavy (non-hydrogen) atoms. The summed E-state index contributed by atoms with van der Waals surface area (Å²) in [6.07, 6.45) is 2.36. The summed E-state index contributed by atoms with van der Waals surface area (Å²) in [4.78, 5) is 25.8. The predicted molar refractivity (Wildman–Crippen MR) is 88.3 cm³/mol. The molecule has 10 nitrogen and oxygen atoms in total. The largest absolute Gasteiger partial charge is 0.353 e. The SMILES string of the molecule is Cn1nc(C(=O)N[C@H]2CCN(c3ccc4nncn4n3)C2)ccc1=O. The Kier molecular flexibility index (Phi) is 3.64. The first-order valence-electron chi connectivity index (χ1n) is 7.87. The molecule has 0 saturated carbocycles. The van der Waals surface area contributed by atoms with E-state index in [0.29, 0.717) is 12.2 Å². The summed E-state index contributed by atoms with van der Waals surface area (Å²) in [7, 11) is 1.52. The lowest BCUT2D eigenvalue weighted by Gasteiger charge is -2.17. The fourth-order valence-corrected chi connectivity index (χ4v) is 2.86. The zero-order valence-electron chi connectivity index (χ0n) is 13.5. The first-order chi connectivity index (χ1) is 12.1. The quantitative estimate of drug-likeness (QED) is 0.666. The third-order valence-electron chi connectivity index (χ3n) is 4.19. The van der Waals surface area contributed by atoms with Gasteiger partial charge in [-0.3, -0.25) is 9.59 Å². The van der Waals surface area contributed by atoms with Crippen LogP contribution < -0.4 is 15.8 Å². The van der Waals surface area contributed by atoms with Crippen LogP contribution in [0.1, 0.15) is 16.9 Å². The number of nitrogens with one attached hydrogen (secondary N) is 1. The Morgan fingerprint density at radius 2 is 2.12 bits per heavy atom. The molecule has 1 amide bonds. The van der Waals surface area contributed by atoms with Gasteiger partial charge in [-0.15, -0.1) is 15.3 Å². The molecule has 128 valence electrons. The van der Waals surface area contributed by atoms with Crippen molar-refractivity contribution in [3.8, 4) is 0 Å². The van der Waals surface area contributed by atoms with Gasteiger partial charge in [-0.25, -0.2) is 4.68 Å². The van der Waals surface area contributed by atoms with E-state index < -0.39 is 0 Å². The van der Waals surface area contributed by atoms with Crippen molar-refractivity contribution in [2.45, 2.75) is 12.5 Å². The van der Waals surface area contributed by atoms with E-state index in [-0.39, 0.29) is 23.2 Å². The van der Waals surface area contributed by atoms with Gasteiger partial charge in [0.2, 0.25) is 0 Å². The molecule has 4 rings (SSSR count). The van der Waals surface area contributed by atoms with Crippen LogP contribution in [0, 0.1) is 0 Å². The molecule has 0 unspecified atom stereocenters. The molecular weight excluding hydrogens is 324 g/mol. The van der Waals surface area contributed by atoms with Gasteiger partial charge in [0.1, 0.15) is 17.8 Å². The van der Waals surface area contributed by atoms with E-state index in [2.05, 4.69) is 30.6 Å². The van der Waals surface area contributed by atoms with Crippen LogP contribution in [0.15, 0.2) is 35.4 Å². The number of amides is 1. The summed E-state index contributed by atoms with van der Waals surface area (Å²) in [6, 6.07) is 6.51. The Morgan fingerprint density at radius 3 is 2.96 bits per heavy atom. The van der Waals surface area contributed by atoms with E-state index in [4.69, 9.17) is 0 Å². The fourth-order valence-electron chi connectivity index (χ4n) is 2.86. The number of rotatable bonds is 3. The smallest absolute Gasteiger partial charge is 0.272 e. The zero-order chi connectivity index (χ0) is 17.4. The molecule has 4 heterocycles. The summed E-state index contributed by atoms with van der Waals surface area (Å²) in [6.45, 7) is 1.43. The van der Waals surface area contributed by atoms with E-state index in [0.717, 1.165) is 23.5 Å². The molecule has 0 radical (unpaired) electrons. The minimum absolute atomic E-state index is 0.00931. The number of hydrogen-bond acceptors (Lipinski definition) is 7. The summed E-state index contributed by atoms with van der Waals surface area (Å²) >= 11 is 0. The first kappa shape index (κ1) is 15.2. The highest BCUT2D eigenvalue weighted by atomic mass is 16.2. The summed E-state index contributed by atoms with van der Waals surface area (Å²) in [5.41, 5.74) is 0.664. The number of nitrogens with zero attached hydrogens (tertiary/aromatic N) is 7. The van der Waals surface area contributed by atoms with Crippen LogP contribution in [0.4, 0.5) is 5.82 Å². The normalized spacial score (nSPS) is 17.2. The van der Waals surface area contributed by atoms with Crippen LogP contribution >= 0.6 is 0 Å². The highest BCUT2D eigenvalue weighted by molar-refractivity contribution is 5.92. The third-order valence-corrected chi connectivity index (χ3v) is 4.19. The maximum Gasteiger partial charge on any atom is 0.272 e. The van der Waals surface area contributed by atoms with Crippen molar-refractivity contribution in [1.82, 2.24) is 34.9 Å². The Balaban J connectivity index is 1.44. The van der Waals surface area contributed by atoms with Gasteiger partial charge in [-0.2, -0.15) is 9.61 Å². The molecule has 1 aliphatic heterocycles. The minimum atomic E-state index is -0.287. The second-order valence-electron chi connectivity index (χ2n) is 5.91. The number of carbonyl (C=O) groups is 1. The first-order valence-corrected chi connectivity index (χ1v) is 7.87. The fraction of sp³-hybridized carbons (Fsp3) is 0.333. The average molecular weight is 340 g/mol. The highest BCUT2D eigenvalue weighted by Gasteiger charge is 2.26. The second-order valence-corrected chi connectivity index (χ2v) is 5.91. The molecule has 3 aromatic rings. The zero-order valence-corrected chi connectivity index (χ0v) is 13.5. The number of anilines is 1. The predicted octanol–water partition coefficient (Wildman–Crippen LogP) is -0.773. The second kappa shape index (κ2) is 5.96. The van der Waals surface area contributed by atoms with E-state index in [9.17, 15) is 9.59 Å². The van der Waals surface area contributed by atoms with Gasteiger partial charge in [0, 0.05) is 32.2 Å². The van der Waals surface area contributed by atoms with Crippen LogP contribution in [0.2, 0.25) is 0 Å². The monoisotopic (exact) mass is 340 g/mol. The van der Waals surface area contributed by atoms with Gasteiger partial charge in [-0.1, -0.05) is 0 Å². The molecule has 1 atom stereocenters. The highest BCUT2D eigenvalue weighted by Crippen LogP contribution is 2.18. The standard InChI is InChI=1S/C15H16N8O2/c1-21-14(24)5-2-11(19-21)15(25)17-10-6-7-22(8-10)13-4-3-12-18-16-9-23(12)20-13/h2-5,9-10H,6-8H2,1H3,(H,17,25)/t10-/m0/s1. The van der Waals surface area contributed by atoms with Crippen LogP contribution in [-0.2, 0) is 7.05 Å². The van der Waals surface area contributed by atoms with Crippen LogP contribution in [-0.4, -0.2) is 54.6 Å². The molecule has 3 aromatic heterocycles. The maximum atomic E-state index is 12.3. The van der Waals surface area contributed by atoms with Crippen LogP contribution in [0.5, 0.6) is 0 Å². The van der Waals surface area contributed by atoms with Crippen molar-refractivity contribution in [2.24, 2.45) is 7.05 Å². The number of aryl methyl sites for hydroxylation is 1. The summed E-state index contributed by atoms with van der Waals surface area (Å²) in [5.74, 6) is 0.522. The Bertz CT molecular complexity index is 994. The van der Waals surface area contributed by atoms with Crippen LogP contribution in [0.25, 0.3) is 5.65 Å². The molecule has 10 heteroatoms. The number of hydrogen-bond donors (Lipinski definition) is 1. The van der Waals surface area contributed by atoms with Gasteiger partial charge in [-0.05, 0) is 24.6 Å². The van der Waals surface area contributed by atoms with Crippen molar-refractivity contribution in [3.63, 3.8) is 0 Å². The van der Waals surface area contributed by atoms with Crippen molar-refractivity contribution in [1.29, 1.82) is 0 Å². The van der Waals surface area contributed by atoms with E-state index in [1.54, 1.807) is 10.8 Å². The van der Waals surface area contributed by atoms with Crippen LogP contribution in [0.3, 0.4) is 0 Å². The summed E-state index contributed by atoms with van der Waals surface area (Å²) in [5, 5.41) is 19.1. The van der Waals surface area contributed by atoms with E-state index in [1.165, 1.54) is 19.2 Å². The lowest BCUT2D eigenvalue weighted by Crippen LogP contribution is -2.38. The average Bonchev–Trinajstić information content (AvgIpc) is 3.25. The number of carbonyl (C=O) groups excluding carboxylic acids is 1. The van der Waals surface area contributed by atoms with Crippen molar-refractivity contribution in [3.05, 3.63) is 46.6 Å². The Hall–Kier alpha value is -3.30. The Morgan fingerprint density at radius 1 is 1.24 bits per heavy atom. The Labute approximate surface area is 142 Å². The molecule has 0 aromatic carbocycles. The van der Waals surface area contributed by atoms with Crippen molar-refractivity contribution < 1.29 is 4.79 Å². The number of aromatic nitrogens is 6. The number of fused-ring (bicyclic) bond motifs is 1. The van der Waals surface area contributed by atoms with Gasteiger partial charge in [0.05, 0.1) is 0 Å². The minimum Gasteiger partial charge on any atom is -0.353 e. The molecular formula is C15H16N8O2. The van der Waals surface area contributed by atoms with Crippen molar-refractivity contribution in [2.75, 3.05) is 18.0 Å². The van der Waals surface area contributed by atoms with Gasteiger partial charge >= 0.3 is 0 Å². The molecule has 1 saturated heterocycles. The lowest BCUT2D eigenvalue weighted by atomic mass is 10.2. The molecule has 1 aliphatic rings. The van der Waals surface area contributed by atoms with Gasteiger partial charge < -0.3 is 10.2 Å². The molecule has 0 spiro atoms. The molecule has 1 fully saturated rings. The lowest BCUT2D eigenvalue weighted by molar-refractivity contribution is 0.0933. The van der Waals surface area contributed by atoms with E-state index in [1.807, 2.05) is 12.1 Å². The molecule has 1 N–H and O–H groups in total. The van der Waals surface area contributed by atoms with E-state index >= 15 is 0 Å². The summed E-state index contributed by atoms with van der Waals surface area (Å²) < 4.78 is 2.77. The van der Waals surface area contributed by atoms with Gasteiger partial charge in [0.15, 0.2) is 5.65 Å². The van der Waals surface area contributed by atoms with Crippen molar-refractivity contribution >= 4 is 17.4 Å². The third kappa shape index (κ3) is 2.93. The molecule has 0 aliphatic carbocycles. The molecule has 0 bridgehead atoms. The topological polar surface area (TPSA) is 110 Å². The van der Waals surface area contributed by atoms with Gasteiger partial charge in [0.25, 0.3) is 11.5 Å². The maximum absolute atomic E-state index is 12.3.